The standard InChI is InChI=1S/C7H12N2/c1-4-5-9-7(3)6(2)8/h4-5H,2,8H2,1,3H3/b5-4-,9-7+. The van der Waals surface area contributed by atoms with E-state index in [0.717, 1.165) is 5.71 Å². The molecule has 0 aromatic rings. The average molecular weight is 124 g/mol. The van der Waals surface area contributed by atoms with Gasteiger partial charge in [-0.3, -0.25) is 4.99 Å². The molecule has 0 unspecified atom stereocenters. The van der Waals surface area contributed by atoms with E-state index in [9.17, 15) is 0 Å². The summed E-state index contributed by atoms with van der Waals surface area (Å²) in [5.74, 6) is 0. The van der Waals surface area contributed by atoms with E-state index < -0.39 is 0 Å². The Kier molecular flexibility index (Phi) is 3.44. The number of hydrogen-bond donors (Lipinski definition) is 1. The number of aliphatic imine (C=N–C) groups is 1. The highest BCUT2D eigenvalue weighted by atomic mass is 14.7. The minimum atomic E-state index is 0.521. The van der Waals surface area contributed by atoms with E-state index in [1.165, 1.54) is 0 Å². The molecule has 0 aliphatic rings. The Balaban J connectivity index is 4.00. The maximum Gasteiger partial charge on any atom is 0.0595 e. The summed E-state index contributed by atoms with van der Waals surface area (Å²) >= 11 is 0. The summed E-state index contributed by atoms with van der Waals surface area (Å²) in [7, 11) is 0. The van der Waals surface area contributed by atoms with Gasteiger partial charge in [0.05, 0.1) is 5.71 Å². The van der Waals surface area contributed by atoms with Crippen LogP contribution in [0.5, 0.6) is 0 Å². The second-order valence-corrected chi connectivity index (χ2v) is 1.72. The highest BCUT2D eigenvalue weighted by molar-refractivity contribution is 5.97. The van der Waals surface area contributed by atoms with Crippen molar-refractivity contribution in [3.63, 3.8) is 0 Å². The van der Waals surface area contributed by atoms with E-state index in [0.29, 0.717) is 5.70 Å². The summed E-state index contributed by atoms with van der Waals surface area (Å²) < 4.78 is 0. The zero-order valence-corrected chi connectivity index (χ0v) is 5.89. The molecular weight excluding hydrogens is 112 g/mol. The molecule has 0 rings (SSSR count). The van der Waals surface area contributed by atoms with Crippen LogP contribution in [-0.4, -0.2) is 5.71 Å². The molecule has 2 heteroatoms. The molecule has 0 amide bonds. The molecule has 0 aromatic carbocycles. The third-order valence-electron chi connectivity index (χ3n) is 0.882. The van der Waals surface area contributed by atoms with E-state index >= 15 is 0 Å². The largest absolute Gasteiger partial charge is 0.398 e. The van der Waals surface area contributed by atoms with Gasteiger partial charge in [0.25, 0.3) is 0 Å². The van der Waals surface area contributed by atoms with Crippen LogP contribution in [0.4, 0.5) is 0 Å². The van der Waals surface area contributed by atoms with Crippen molar-refractivity contribution in [2.24, 2.45) is 10.7 Å². The molecule has 50 valence electrons. The molecule has 0 atom stereocenters. The van der Waals surface area contributed by atoms with Crippen molar-refractivity contribution in [3.05, 3.63) is 24.6 Å². The molecule has 9 heavy (non-hydrogen) atoms. The monoisotopic (exact) mass is 124 g/mol. The zero-order valence-electron chi connectivity index (χ0n) is 5.89. The van der Waals surface area contributed by atoms with Crippen LogP contribution in [0.25, 0.3) is 0 Å². The van der Waals surface area contributed by atoms with Crippen LogP contribution in [0.2, 0.25) is 0 Å². The van der Waals surface area contributed by atoms with Crippen molar-refractivity contribution in [3.8, 4) is 0 Å². The highest BCUT2D eigenvalue weighted by Gasteiger charge is 1.85. The Hall–Kier alpha value is -1.05. The van der Waals surface area contributed by atoms with Gasteiger partial charge in [0.2, 0.25) is 0 Å². The van der Waals surface area contributed by atoms with E-state index in [2.05, 4.69) is 11.6 Å². The van der Waals surface area contributed by atoms with Crippen LogP contribution in [0.3, 0.4) is 0 Å². The Bertz CT molecular complexity index is 154. The predicted molar refractivity (Wildman–Crippen MR) is 41.3 cm³/mol. The van der Waals surface area contributed by atoms with Gasteiger partial charge in [-0.05, 0) is 13.8 Å². The van der Waals surface area contributed by atoms with Gasteiger partial charge in [-0.25, -0.2) is 0 Å². The van der Waals surface area contributed by atoms with Crippen molar-refractivity contribution in [2.75, 3.05) is 0 Å². The first kappa shape index (κ1) is 7.95. The Labute approximate surface area is 55.8 Å². The minimum Gasteiger partial charge on any atom is -0.398 e. The molecule has 2 nitrogen and oxygen atoms in total. The van der Waals surface area contributed by atoms with Gasteiger partial charge in [-0.15, -0.1) is 0 Å². The lowest BCUT2D eigenvalue weighted by Gasteiger charge is -1.92. The molecule has 0 bridgehead atoms. The molecule has 0 aromatic heterocycles. The van der Waals surface area contributed by atoms with Crippen LogP contribution in [-0.2, 0) is 0 Å². The van der Waals surface area contributed by atoms with Gasteiger partial charge in [0.15, 0.2) is 0 Å². The lowest BCUT2D eigenvalue weighted by Crippen LogP contribution is -2.04. The first-order chi connectivity index (χ1) is 4.18. The zero-order chi connectivity index (χ0) is 7.28. The van der Waals surface area contributed by atoms with Gasteiger partial charge in [0, 0.05) is 11.9 Å². The van der Waals surface area contributed by atoms with Crippen molar-refractivity contribution in [2.45, 2.75) is 13.8 Å². The van der Waals surface area contributed by atoms with E-state index in [1.54, 1.807) is 6.20 Å². The lowest BCUT2D eigenvalue weighted by atomic mass is 10.3. The fourth-order valence-electron chi connectivity index (χ4n) is 0.269. The van der Waals surface area contributed by atoms with Gasteiger partial charge < -0.3 is 5.73 Å². The normalized spacial score (nSPS) is 12.4. The predicted octanol–water partition coefficient (Wildman–Crippen LogP) is 1.45. The lowest BCUT2D eigenvalue weighted by molar-refractivity contribution is 1.42. The molecule has 2 N–H and O–H groups in total. The van der Waals surface area contributed by atoms with Gasteiger partial charge in [-0.2, -0.15) is 0 Å². The molecule has 0 spiro atoms. The maximum absolute atomic E-state index is 5.32. The molecular formula is C7H12N2. The maximum atomic E-state index is 5.32. The van der Waals surface area contributed by atoms with Crippen LogP contribution >= 0.6 is 0 Å². The molecule has 0 heterocycles. The fraction of sp³-hybridized carbons (Fsp3) is 0.286. The SMILES string of the molecule is C=C(N)/C(C)=N/C=C\C. The average Bonchev–Trinajstić information content (AvgIpc) is 1.82. The molecule has 0 aliphatic heterocycles. The Morgan fingerprint density at radius 2 is 2.22 bits per heavy atom. The fourth-order valence-corrected chi connectivity index (χ4v) is 0.269. The highest BCUT2D eigenvalue weighted by Crippen LogP contribution is 1.85. The van der Waals surface area contributed by atoms with Crippen LogP contribution in [0.1, 0.15) is 13.8 Å². The van der Waals surface area contributed by atoms with Gasteiger partial charge >= 0.3 is 0 Å². The number of hydrogen-bond acceptors (Lipinski definition) is 2. The Morgan fingerprint density at radius 3 is 2.56 bits per heavy atom. The van der Waals surface area contributed by atoms with Crippen LogP contribution in [0, 0.1) is 0 Å². The smallest absolute Gasteiger partial charge is 0.0595 e. The molecule has 0 saturated heterocycles. The quantitative estimate of drug-likeness (QED) is 0.556. The summed E-state index contributed by atoms with van der Waals surface area (Å²) in [5.41, 5.74) is 6.61. The molecule has 0 aliphatic carbocycles. The molecule has 0 radical (unpaired) electrons. The first-order valence-corrected chi connectivity index (χ1v) is 2.78. The minimum absolute atomic E-state index is 0.521. The van der Waals surface area contributed by atoms with E-state index in [-0.39, 0.29) is 0 Å². The third kappa shape index (κ3) is 3.53. The van der Waals surface area contributed by atoms with Gasteiger partial charge in [-0.1, -0.05) is 12.7 Å². The number of allylic oxidation sites excluding steroid dienone is 2. The van der Waals surface area contributed by atoms with Crippen molar-refractivity contribution in [1.82, 2.24) is 0 Å². The van der Waals surface area contributed by atoms with E-state index in [4.69, 9.17) is 5.73 Å². The second-order valence-electron chi connectivity index (χ2n) is 1.72. The second kappa shape index (κ2) is 3.89. The third-order valence-corrected chi connectivity index (χ3v) is 0.882. The number of rotatable bonds is 2. The summed E-state index contributed by atoms with van der Waals surface area (Å²) in [6.07, 6.45) is 3.53. The molecule has 0 fully saturated rings. The van der Waals surface area contributed by atoms with Crippen LogP contribution in [0.15, 0.2) is 29.5 Å². The summed E-state index contributed by atoms with van der Waals surface area (Å²) in [5, 5.41) is 0. The van der Waals surface area contributed by atoms with Crippen molar-refractivity contribution in [1.29, 1.82) is 0 Å². The number of nitrogens with two attached hydrogens (primary N) is 1. The number of nitrogens with zero attached hydrogens (tertiary/aromatic N) is 1. The molecule has 0 saturated carbocycles. The first-order valence-electron chi connectivity index (χ1n) is 2.78. The Morgan fingerprint density at radius 1 is 1.67 bits per heavy atom. The summed E-state index contributed by atoms with van der Waals surface area (Å²) in [6, 6.07) is 0. The van der Waals surface area contributed by atoms with E-state index in [1.807, 2.05) is 19.9 Å². The van der Waals surface area contributed by atoms with Gasteiger partial charge in [0.1, 0.15) is 0 Å². The van der Waals surface area contributed by atoms with Crippen molar-refractivity contribution < 1.29 is 0 Å². The topological polar surface area (TPSA) is 38.4 Å². The summed E-state index contributed by atoms with van der Waals surface area (Å²) in [4.78, 5) is 3.95. The van der Waals surface area contributed by atoms with Crippen molar-refractivity contribution >= 4 is 5.71 Å². The van der Waals surface area contributed by atoms with Crippen LogP contribution < -0.4 is 5.73 Å². The summed E-state index contributed by atoms with van der Waals surface area (Å²) in [6.45, 7) is 7.24.